The third-order valence-corrected chi connectivity index (χ3v) is 1.32. The van der Waals surface area contributed by atoms with E-state index >= 15 is 0 Å². The van der Waals surface area contributed by atoms with Crippen molar-refractivity contribution in [1.82, 2.24) is 0 Å². The lowest BCUT2D eigenvalue weighted by molar-refractivity contribution is -0.298. The molecular formula is C10H11F3O. The summed E-state index contributed by atoms with van der Waals surface area (Å²) in [5.74, 6) is 5.12. The average molecular weight is 204 g/mol. The van der Waals surface area contributed by atoms with Crippen LogP contribution in [0.3, 0.4) is 0 Å². The van der Waals surface area contributed by atoms with Crippen molar-refractivity contribution in [2.45, 2.75) is 26.6 Å². The smallest absolute Gasteiger partial charge is 0.413 e. The zero-order valence-corrected chi connectivity index (χ0v) is 7.98. The topological polar surface area (TPSA) is 9.23 Å². The third kappa shape index (κ3) is 7.29. The molecule has 78 valence electrons. The summed E-state index contributed by atoms with van der Waals surface area (Å²) >= 11 is 0. The standard InChI is InChI=1S/C10H11F3O/c1-3-9(4-2)7-5-6-8-14-10(11,12)13/h3,6,8H,4H2,1-2H3/b8-6+,9-3-. The van der Waals surface area contributed by atoms with Gasteiger partial charge in [0.1, 0.15) is 6.26 Å². The van der Waals surface area contributed by atoms with E-state index in [0.29, 0.717) is 6.26 Å². The lowest BCUT2D eigenvalue weighted by Gasteiger charge is -2.01. The normalized spacial score (nSPS) is 12.5. The van der Waals surface area contributed by atoms with Crippen LogP contribution >= 0.6 is 0 Å². The second kappa shape index (κ2) is 6.14. The quantitative estimate of drug-likeness (QED) is 0.494. The van der Waals surface area contributed by atoms with Crippen molar-refractivity contribution in [3.05, 3.63) is 24.0 Å². The van der Waals surface area contributed by atoms with Crippen molar-refractivity contribution in [3.8, 4) is 11.8 Å². The van der Waals surface area contributed by atoms with Gasteiger partial charge in [0.2, 0.25) is 0 Å². The van der Waals surface area contributed by atoms with Crippen molar-refractivity contribution >= 4 is 0 Å². The Morgan fingerprint density at radius 1 is 1.43 bits per heavy atom. The predicted octanol–water partition coefficient (Wildman–Crippen LogP) is 3.40. The number of rotatable bonds is 2. The van der Waals surface area contributed by atoms with Gasteiger partial charge in [0, 0.05) is 6.08 Å². The second-order valence-electron chi connectivity index (χ2n) is 2.30. The van der Waals surface area contributed by atoms with Crippen molar-refractivity contribution in [2.75, 3.05) is 0 Å². The maximum absolute atomic E-state index is 11.4. The van der Waals surface area contributed by atoms with E-state index < -0.39 is 6.36 Å². The van der Waals surface area contributed by atoms with Crippen LogP contribution in [-0.4, -0.2) is 6.36 Å². The first kappa shape index (κ1) is 12.6. The van der Waals surface area contributed by atoms with Gasteiger partial charge in [-0.15, -0.1) is 13.2 Å². The molecule has 0 aromatic rings. The van der Waals surface area contributed by atoms with Gasteiger partial charge in [-0.2, -0.15) is 0 Å². The Morgan fingerprint density at radius 3 is 2.50 bits per heavy atom. The molecule has 0 unspecified atom stereocenters. The minimum Gasteiger partial charge on any atom is -0.413 e. The van der Waals surface area contributed by atoms with E-state index in [4.69, 9.17) is 0 Å². The molecule has 0 aliphatic rings. The Balaban J connectivity index is 4.04. The summed E-state index contributed by atoms with van der Waals surface area (Å²) in [4.78, 5) is 0. The van der Waals surface area contributed by atoms with Crippen LogP contribution < -0.4 is 0 Å². The lowest BCUT2D eigenvalue weighted by Crippen LogP contribution is -2.08. The highest BCUT2D eigenvalue weighted by Gasteiger charge is 2.28. The Morgan fingerprint density at radius 2 is 2.07 bits per heavy atom. The van der Waals surface area contributed by atoms with Gasteiger partial charge in [-0.3, -0.25) is 0 Å². The first-order valence-electron chi connectivity index (χ1n) is 4.06. The Bertz CT molecular complexity index is 276. The van der Waals surface area contributed by atoms with E-state index in [1.807, 2.05) is 19.9 Å². The number of allylic oxidation sites excluding steroid dienone is 3. The number of hydrogen-bond donors (Lipinski definition) is 0. The van der Waals surface area contributed by atoms with E-state index in [0.717, 1.165) is 18.1 Å². The zero-order chi connectivity index (χ0) is 11.0. The van der Waals surface area contributed by atoms with Crippen LogP contribution in [0, 0.1) is 11.8 Å². The molecule has 0 aromatic heterocycles. The third-order valence-electron chi connectivity index (χ3n) is 1.32. The fourth-order valence-corrected chi connectivity index (χ4v) is 0.644. The SMILES string of the molecule is C/C=C(\C#C/C=C/OC(F)(F)F)CC. The highest BCUT2D eigenvalue weighted by Crippen LogP contribution is 2.15. The van der Waals surface area contributed by atoms with Crippen LogP contribution in [0.15, 0.2) is 24.0 Å². The average Bonchev–Trinajstić information content (AvgIpc) is 2.09. The Kier molecular flexibility index (Phi) is 5.54. The molecule has 0 saturated carbocycles. The molecule has 1 nitrogen and oxygen atoms in total. The summed E-state index contributed by atoms with van der Waals surface area (Å²) in [7, 11) is 0. The predicted molar refractivity (Wildman–Crippen MR) is 48.1 cm³/mol. The highest BCUT2D eigenvalue weighted by molar-refractivity contribution is 5.31. The van der Waals surface area contributed by atoms with Crippen LogP contribution in [0.4, 0.5) is 13.2 Å². The van der Waals surface area contributed by atoms with E-state index in [2.05, 4.69) is 16.6 Å². The van der Waals surface area contributed by atoms with E-state index in [1.165, 1.54) is 0 Å². The number of hydrogen-bond acceptors (Lipinski definition) is 1. The van der Waals surface area contributed by atoms with Crippen LogP contribution in [0.5, 0.6) is 0 Å². The van der Waals surface area contributed by atoms with Gasteiger partial charge in [0.15, 0.2) is 0 Å². The van der Waals surface area contributed by atoms with E-state index in [-0.39, 0.29) is 0 Å². The van der Waals surface area contributed by atoms with E-state index in [9.17, 15) is 13.2 Å². The fraction of sp³-hybridized carbons (Fsp3) is 0.400. The Labute approximate surface area is 81.3 Å². The summed E-state index contributed by atoms with van der Waals surface area (Å²) in [5, 5.41) is 0. The van der Waals surface area contributed by atoms with Crippen molar-refractivity contribution in [3.63, 3.8) is 0 Å². The molecule has 0 aliphatic carbocycles. The molecule has 0 rings (SSSR count). The molecule has 0 atom stereocenters. The van der Waals surface area contributed by atoms with Gasteiger partial charge in [-0.1, -0.05) is 24.8 Å². The van der Waals surface area contributed by atoms with Crippen LogP contribution in [0.2, 0.25) is 0 Å². The molecule has 0 fully saturated rings. The van der Waals surface area contributed by atoms with Crippen LogP contribution in [-0.2, 0) is 4.74 Å². The largest absolute Gasteiger partial charge is 0.572 e. The van der Waals surface area contributed by atoms with Crippen LogP contribution in [0.1, 0.15) is 20.3 Å². The molecular weight excluding hydrogens is 193 g/mol. The summed E-state index contributed by atoms with van der Waals surface area (Å²) in [5.41, 5.74) is 0.877. The monoisotopic (exact) mass is 204 g/mol. The summed E-state index contributed by atoms with van der Waals surface area (Å²) < 4.78 is 37.7. The van der Waals surface area contributed by atoms with Gasteiger partial charge >= 0.3 is 6.36 Å². The molecule has 4 heteroatoms. The molecule has 0 aliphatic heterocycles. The van der Waals surface area contributed by atoms with E-state index in [1.54, 1.807) is 0 Å². The molecule has 0 aromatic carbocycles. The van der Waals surface area contributed by atoms with Gasteiger partial charge < -0.3 is 4.74 Å². The minimum absolute atomic E-state index is 0.524. The van der Waals surface area contributed by atoms with Crippen molar-refractivity contribution in [2.24, 2.45) is 0 Å². The number of ether oxygens (including phenoxy) is 1. The first-order valence-corrected chi connectivity index (χ1v) is 4.06. The van der Waals surface area contributed by atoms with Gasteiger partial charge in [-0.25, -0.2) is 0 Å². The summed E-state index contributed by atoms with van der Waals surface area (Å²) in [6.07, 6.45) is -0.516. The molecule has 0 N–H and O–H groups in total. The highest BCUT2D eigenvalue weighted by atomic mass is 19.4. The Hall–Kier alpha value is -1.37. The van der Waals surface area contributed by atoms with Gasteiger partial charge in [0.25, 0.3) is 0 Å². The van der Waals surface area contributed by atoms with Crippen molar-refractivity contribution in [1.29, 1.82) is 0 Å². The minimum atomic E-state index is -4.63. The molecule has 0 radical (unpaired) electrons. The van der Waals surface area contributed by atoms with Crippen LogP contribution in [0.25, 0.3) is 0 Å². The molecule has 0 amide bonds. The molecule has 14 heavy (non-hydrogen) atoms. The fourth-order valence-electron chi connectivity index (χ4n) is 0.644. The maximum Gasteiger partial charge on any atom is 0.572 e. The van der Waals surface area contributed by atoms with Gasteiger partial charge in [-0.05, 0) is 18.9 Å². The first-order chi connectivity index (χ1) is 6.49. The number of halogens is 3. The summed E-state index contributed by atoms with van der Waals surface area (Å²) in [6, 6.07) is 0. The van der Waals surface area contributed by atoms with Crippen molar-refractivity contribution < 1.29 is 17.9 Å². The summed E-state index contributed by atoms with van der Waals surface area (Å²) in [6.45, 7) is 3.74. The zero-order valence-electron chi connectivity index (χ0n) is 7.98. The molecule has 0 spiro atoms. The number of alkyl halides is 3. The molecule has 0 heterocycles. The maximum atomic E-state index is 11.4. The molecule has 0 saturated heterocycles. The lowest BCUT2D eigenvalue weighted by atomic mass is 10.2. The van der Waals surface area contributed by atoms with Gasteiger partial charge in [0.05, 0.1) is 0 Å². The molecule has 0 bridgehead atoms. The second-order valence-corrected chi connectivity index (χ2v) is 2.30.